The lowest BCUT2D eigenvalue weighted by molar-refractivity contribution is 0.418. The molecule has 0 aromatic heterocycles. The first-order valence-corrected chi connectivity index (χ1v) is 22.0. The number of hydrogen-bond donors (Lipinski definition) is 1. The maximum Gasteiger partial charge on any atom is 0.197 e. The highest BCUT2D eigenvalue weighted by Gasteiger charge is 2.35. The van der Waals surface area contributed by atoms with E-state index >= 15 is 0 Å². The number of anilines is 8. The maximum atomic E-state index is 6.54. The van der Waals surface area contributed by atoms with Crippen LogP contribution in [0.2, 0.25) is 0 Å². The summed E-state index contributed by atoms with van der Waals surface area (Å²) in [5.41, 5.74) is 17.3. The third-order valence-electron chi connectivity index (χ3n) is 12.3. The Balaban J connectivity index is 1.15. The summed E-state index contributed by atoms with van der Waals surface area (Å²) in [6.07, 6.45) is 0. The zero-order chi connectivity index (χ0) is 43.6. The summed E-state index contributed by atoms with van der Waals surface area (Å²) in [7, 11) is 2.32. The minimum absolute atomic E-state index is 0.277. The van der Waals surface area contributed by atoms with E-state index in [0.29, 0.717) is 0 Å². The molecule has 64 heavy (non-hydrogen) atoms. The minimum atomic E-state index is -0.277. The summed E-state index contributed by atoms with van der Waals surface area (Å²) in [5, 5.41) is 3.73. The van der Waals surface area contributed by atoms with E-state index in [1.165, 1.54) is 27.8 Å². The Hall–Kier alpha value is -7.76. The van der Waals surface area contributed by atoms with Gasteiger partial charge in [-0.1, -0.05) is 163 Å². The molecule has 0 unspecified atom stereocenters. The quantitative estimate of drug-likeness (QED) is 0.132. The van der Waals surface area contributed by atoms with Crippen molar-refractivity contribution in [1.82, 2.24) is 0 Å². The summed E-state index contributed by atoms with van der Waals surface area (Å²) in [5.74, 6) is 1.79. The van der Waals surface area contributed by atoms with Crippen LogP contribution < -0.4 is 30.8 Å². The molecule has 0 atom stereocenters. The van der Waals surface area contributed by atoms with E-state index in [1.807, 2.05) is 6.07 Å². The first-order valence-electron chi connectivity index (χ1n) is 22.0. The monoisotopic (exact) mass is 826 g/mol. The van der Waals surface area contributed by atoms with Crippen molar-refractivity contribution in [3.05, 3.63) is 241 Å². The van der Waals surface area contributed by atoms with E-state index in [9.17, 15) is 0 Å². The van der Waals surface area contributed by atoms with Gasteiger partial charge in [0.2, 0.25) is 0 Å². The second-order valence-electron chi connectivity index (χ2n) is 17.1. The van der Waals surface area contributed by atoms with Crippen LogP contribution in [0.25, 0.3) is 11.1 Å². The molecule has 1 N–H and O–H groups in total. The van der Waals surface area contributed by atoms with Gasteiger partial charge in [0.1, 0.15) is 11.5 Å². The van der Waals surface area contributed by atoms with Crippen molar-refractivity contribution in [3.63, 3.8) is 0 Å². The van der Waals surface area contributed by atoms with Gasteiger partial charge in [0, 0.05) is 62.0 Å². The standard InChI is InChI=1S/C59H49BN3O/c1-41-24-29-45(30-25-41)61-55-36-26-42(2)38-54(55)60-53-35-33-50(40-56(53)63(47-20-12-7-13-21-47)48-31-27-44(28-32-48)43-16-8-5-9-17-43)62(46-18-10-6-11-19-46)49-34-37-58-52(39-49)59(3,4)51-22-14-15-23-57(51)64-58/h5-40,61H,1-4H3. The van der Waals surface area contributed by atoms with Gasteiger partial charge in [0.05, 0.1) is 0 Å². The Morgan fingerprint density at radius 1 is 0.422 bits per heavy atom. The Morgan fingerprint density at radius 2 is 0.969 bits per heavy atom. The van der Waals surface area contributed by atoms with Crippen LogP contribution in [0, 0.1) is 13.8 Å². The molecule has 5 heteroatoms. The van der Waals surface area contributed by atoms with Gasteiger partial charge in [-0.2, -0.15) is 0 Å². The van der Waals surface area contributed by atoms with Crippen molar-refractivity contribution in [3.8, 4) is 22.6 Å². The molecule has 0 saturated heterocycles. The lowest BCUT2D eigenvalue weighted by atomic mass is 9.62. The zero-order valence-corrected chi connectivity index (χ0v) is 36.7. The van der Waals surface area contributed by atoms with Crippen LogP contribution in [0.5, 0.6) is 11.5 Å². The van der Waals surface area contributed by atoms with E-state index < -0.39 is 0 Å². The summed E-state index contributed by atoms with van der Waals surface area (Å²) < 4.78 is 6.54. The van der Waals surface area contributed by atoms with Gasteiger partial charge < -0.3 is 19.9 Å². The van der Waals surface area contributed by atoms with Crippen LogP contribution in [-0.4, -0.2) is 7.28 Å². The van der Waals surface area contributed by atoms with Gasteiger partial charge in [-0.3, -0.25) is 0 Å². The van der Waals surface area contributed by atoms with Crippen molar-refractivity contribution < 1.29 is 4.74 Å². The number of hydrogen-bond acceptors (Lipinski definition) is 4. The van der Waals surface area contributed by atoms with Crippen molar-refractivity contribution in [1.29, 1.82) is 0 Å². The highest BCUT2D eigenvalue weighted by Crippen LogP contribution is 2.50. The molecule has 9 aromatic carbocycles. The highest BCUT2D eigenvalue weighted by molar-refractivity contribution is 6.70. The smallest absolute Gasteiger partial charge is 0.197 e. The molecular formula is C59H49BN3O. The third kappa shape index (κ3) is 8.05. The third-order valence-corrected chi connectivity index (χ3v) is 12.3. The largest absolute Gasteiger partial charge is 0.457 e. The number of aryl methyl sites for hydroxylation is 2. The van der Waals surface area contributed by atoms with Crippen molar-refractivity contribution in [2.24, 2.45) is 0 Å². The average molecular weight is 827 g/mol. The summed E-state index contributed by atoms with van der Waals surface area (Å²) in [4.78, 5) is 4.75. The molecule has 0 spiro atoms. The fourth-order valence-corrected chi connectivity index (χ4v) is 8.89. The molecule has 1 aliphatic heterocycles. The fraction of sp³-hybridized carbons (Fsp3) is 0.0847. The Labute approximate surface area is 378 Å². The van der Waals surface area contributed by atoms with Gasteiger partial charge >= 0.3 is 0 Å². The number of rotatable bonds is 11. The number of benzene rings is 9. The molecule has 0 fully saturated rings. The molecule has 0 aliphatic carbocycles. The summed E-state index contributed by atoms with van der Waals surface area (Å²) in [6.45, 7) is 8.86. The van der Waals surface area contributed by atoms with E-state index in [4.69, 9.17) is 4.74 Å². The van der Waals surface area contributed by atoms with E-state index in [1.54, 1.807) is 0 Å². The molecule has 10 rings (SSSR count). The Kier molecular flexibility index (Phi) is 10.8. The molecule has 309 valence electrons. The van der Waals surface area contributed by atoms with E-state index in [0.717, 1.165) is 73.5 Å². The van der Waals surface area contributed by atoms with Gasteiger partial charge in [-0.25, -0.2) is 0 Å². The molecular weight excluding hydrogens is 777 g/mol. The van der Waals surface area contributed by atoms with Crippen LogP contribution in [0.3, 0.4) is 0 Å². The Bertz CT molecular complexity index is 3060. The predicted octanol–water partition coefficient (Wildman–Crippen LogP) is 14.7. The van der Waals surface area contributed by atoms with Gasteiger partial charge in [-0.15, -0.1) is 0 Å². The molecule has 1 heterocycles. The molecule has 0 bridgehead atoms. The zero-order valence-electron chi connectivity index (χ0n) is 36.7. The lowest BCUT2D eigenvalue weighted by Crippen LogP contribution is -2.33. The number of fused-ring (bicyclic) bond motifs is 2. The molecule has 0 saturated carbocycles. The van der Waals surface area contributed by atoms with Gasteiger partial charge in [0.15, 0.2) is 7.28 Å². The molecule has 4 nitrogen and oxygen atoms in total. The van der Waals surface area contributed by atoms with Crippen molar-refractivity contribution >= 4 is 63.7 Å². The van der Waals surface area contributed by atoms with Crippen LogP contribution >= 0.6 is 0 Å². The predicted molar refractivity (Wildman–Crippen MR) is 271 cm³/mol. The minimum Gasteiger partial charge on any atom is -0.457 e. The van der Waals surface area contributed by atoms with E-state index in [2.05, 4.69) is 262 Å². The van der Waals surface area contributed by atoms with Crippen LogP contribution in [0.4, 0.5) is 45.5 Å². The van der Waals surface area contributed by atoms with Crippen molar-refractivity contribution in [2.75, 3.05) is 15.1 Å². The second-order valence-corrected chi connectivity index (χ2v) is 17.1. The first-order chi connectivity index (χ1) is 31.3. The SMILES string of the molecule is Cc1ccc(Nc2ccc(C)cc2[B]c2ccc(N(c3ccccc3)c3ccc4c(c3)C(C)(C)c3ccccc3O4)cc2N(c2ccccc2)c2ccc(-c3ccccc3)cc2)cc1. The molecule has 9 aromatic rings. The maximum absolute atomic E-state index is 6.54. The molecule has 1 radical (unpaired) electrons. The van der Waals surface area contributed by atoms with E-state index in [-0.39, 0.29) is 5.41 Å². The number of nitrogens with one attached hydrogen (secondary N) is 1. The number of para-hydroxylation sites is 3. The van der Waals surface area contributed by atoms with Crippen LogP contribution in [-0.2, 0) is 5.41 Å². The van der Waals surface area contributed by atoms with Crippen molar-refractivity contribution in [2.45, 2.75) is 33.1 Å². The Morgan fingerprint density at radius 3 is 1.69 bits per heavy atom. The van der Waals surface area contributed by atoms with Gasteiger partial charge in [-0.05, 0) is 116 Å². The van der Waals surface area contributed by atoms with Crippen LogP contribution in [0.1, 0.15) is 36.1 Å². The first kappa shape index (κ1) is 40.3. The van der Waals surface area contributed by atoms with Gasteiger partial charge in [0.25, 0.3) is 0 Å². The topological polar surface area (TPSA) is 27.7 Å². The number of ether oxygens (including phenoxy) is 1. The number of nitrogens with zero attached hydrogens (tertiary/aromatic N) is 2. The average Bonchev–Trinajstić information content (AvgIpc) is 3.33. The highest BCUT2D eigenvalue weighted by atomic mass is 16.5. The summed E-state index contributed by atoms with van der Waals surface area (Å²) in [6, 6.07) is 77.9. The normalized spacial score (nSPS) is 12.3. The molecule has 1 aliphatic rings. The fourth-order valence-electron chi connectivity index (χ4n) is 8.89. The molecule has 0 amide bonds. The lowest BCUT2D eigenvalue weighted by Gasteiger charge is -2.36. The van der Waals surface area contributed by atoms with Crippen LogP contribution in [0.15, 0.2) is 218 Å². The summed E-state index contributed by atoms with van der Waals surface area (Å²) >= 11 is 0. The second kappa shape index (κ2) is 17.2.